The molecule has 0 bridgehead atoms. The van der Waals surface area contributed by atoms with Gasteiger partial charge < -0.3 is 28.7 Å². The van der Waals surface area contributed by atoms with Crippen molar-refractivity contribution >= 4 is 62.8 Å². The van der Waals surface area contributed by atoms with Crippen LogP contribution in [0.1, 0.15) is 48.9 Å². The van der Waals surface area contributed by atoms with Crippen molar-refractivity contribution in [3.63, 3.8) is 0 Å². The molecule has 0 saturated carbocycles. The number of hydrogen-bond donors (Lipinski definition) is 0. The lowest BCUT2D eigenvalue weighted by molar-refractivity contribution is 0.0774. The van der Waals surface area contributed by atoms with E-state index in [0.717, 1.165) is 112 Å². The maximum absolute atomic E-state index is 13.2. The lowest BCUT2D eigenvalue weighted by Gasteiger charge is -2.34. The van der Waals surface area contributed by atoms with E-state index in [4.69, 9.17) is 32.7 Å². The highest BCUT2D eigenvalue weighted by Gasteiger charge is 2.32. The van der Waals surface area contributed by atoms with Crippen LogP contribution in [-0.4, -0.2) is 97.0 Å². The van der Waals surface area contributed by atoms with E-state index in [1.165, 1.54) is 32.9 Å². The van der Waals surface area contributed by atoms with Gasteiger partial charge in [0, 0.05) is 83.4 Å². The second-order valence-electron chi connectivity index (χ2n) is 16.1. The van der Waals surface area contributed by atoms with Crippen molar-refractivity contribution in [2.45, 2.75) is 51.1 Å². The van der Waals surface area contributed by atoms with Crippen molar-refractivity contribution in [1.82, 2.24) is 19.3 Å². The van der Waals surface area contributed by atoms with Gasteiger partial charge in [0.2, 0.25) is 0 Å². The van der Waals surface area contributed by atoms with Crippen LogP contribution >= 0.6 is 23.2 Å². The van der Waals surface area contributed by atoms with Crippen LogP contribution < -0.4 is 9.47 Å². The number of methoxy groups -OCH3 is 1. The molecule has 3 aliphatic rings. The average molecular weight is 829 g/mol. The summed E-state index contributed by atoms with van der Waals surface area (Å²) in [6, 6.07) is 33.7. The van der Waals surface area contributed by atoms with E-state index in [9.17, 15) is 4.79 Å². The summed E-state index contributed by atoms with van der Waals surface area (Å²) in [5.74, 6) is 1.26. The first-order valence-electron chi connectivity index (χ1n) is 21.1. The fourth-order valence-corrected chi connectivity index (χ4v) is 9.32. The van der Waals surface area contributed by atoms with Crippen molar-refractivity contribution in [3.05, 3.63) is 113 Å². The van der Waals surface area contributed by atoms with Gasteiger partial charge in [0.1, 0.15) is 0 Å². The monoisotopic (exact) mass is 827 g/mol. The fourth-order valence-electron chi connectivity index (χ4n) is 9.07. The number of carbonyl (C=O) groups is 1. The zero-order valence-electron chi connectivity index (χ0n) is 33.7. The fraction of sp³-hybridized carbons (Fsp3) is 0.347. The molecule has 4 heterocycles. The molecule has 304 valence electrons. The van der Waals surface area contributed by atoms with Crippen LogP contribution in [0.2, 0.25) is 10.0 Å². The number of rotatable bonds is 14. The van der Waals surface area contributed by atoms with E-state index < -0.39 is 0 Å². The normalized spacial score (nSPS) is 17.1. The van der Waals surface area contributed by atoms with Crippen LogP contribution in [0.25, 0.3) is 44.1 Å². The van der Waals surface area contributed by atoms with Gasteiger partial charge in [-0.1, -0.05) is 59.6 Å². The molecule has 0 unspecified atom stereocenters. The molecule has 10 heteroatoms. The molecular formula is C49H51Cl2N5O3. The van der Waals surface area contributed by atoms with Gasteiger partial charge in [-0.2, -0.15) is 0 Å². The molecule has 3 aliphatic heterocycles. The van der Waals surface area contributed by atoms with Gasteiger partial charge >= 0.3 is 0 Å². The minimum Gasteiger partial charge on any atom is -0.493 e. The summed E-state index contributed by atoms with van der Waals surface area (Å²) < 4.78 is 14.3. The maximum Gasteiger partial charge on any atom is 0.256 e. The molecule has 5 aromatic carbocycles. The van der Waals surface area contributed by atoms with Gasteiger partial charge in [0.15, 0.2) is 11.5 Å². The van der Waals surface area contributed by atoms with Crippen molar-refractivity contribution in [1.29, 1.82) is 0 Å². The van der Waals surface area contributed by atoms with Crippen LogP contribution in [-0.2, 0) is 6.54 Å². The van der Waals surface area contributed by atoms with Crippen LogP contribution in [0.15, 0.2) is 102 Å². The Morgan fingerprint density at radius 1 is 0.644 bits per heavy atom. The van der Waals surface area contributed by atoms with E-state index in [2.05, 4.69) is 80.0 Å². The van der Waals surface area contributed by atoms with Crippen LogP contribution in [0.5, 0.6) is 11.5 Å². The highest BCUT2D eigenvalue weighted by Crippen LogP contribution is 2.39. The Morgan fingerprint density at radius 2 is 1.20 bits per heavy atom. The molecule has 0 N–H and O–H groups in total. The second-order valence-corrected chi connectivity index (χ2v) is 17.0. The minimum absolute atomic E-state index is 0.0273. The summed E-state index contributed by atoms with van der Waals surface area (Å²) in [6.45, 7) is 8.96. The number of carbonyl (C=O) groups excluding carboxylic acids is 1. The molecule has 1 amide bonds. The smallest absolute Gasteiger partial charge is 0.256 e. The number of unbranched alkanes of at least 4 members (excludes halogenated alkanes) is 2. The Hall–Kier alpha value is -4.86. The largest absolute Gasteiger partial charge is 0.493 e. The number of aryl methyl sites for hydroxylation is 1. The van der Waals surface area contributed by atoms with Crippen molar-refractivity contribution in [2.75, 3.05) is 59.5 Å². The molecule has 6 aromatic rings. The van der Waals surface area contributed by atoms with Gasteiger partial charge in [0.05, 0.1) is 31.0 Å². The molecule has 2 saturated heterocycles. The number of nitrogens with zero attached hydrogens (tertiary/aromatic N) is 5. The van der Waals surface area contributed by atoms with E-state index in [1.54, 1.807) is 13.2 Å². The van der Waals surface area contributed by atoms with Gasteiger partial charge in [0.25, 0.3) is 5.91 Å². The summed E-state index contributed by atoms with van der Waals surface area (Å²) >= 11 is 12.4. The lowest BCUT2D eigenvalue weighted by atomic mass is 10.0. The standard InChI is InChI=1S/C49H51Cl2N5O3/c1-58-47-31-43-44(52-33-40-7-6-23-55(40)49(43)57)32-48(47)59-28-5-4-21-54-26-24-53(25-27-54)20-2-3-22-56-45-18-12-36(34-8-14-38(50)15-9-34)29-41(45)42-30-37(13-19-46(42)56)35-10-16-39(51)17-11-35/h8-19,29-33,40H,2-7,20-28H2,1H3/t40-/m0/s1. The molecular weight excluding hydrogens is 777 g/mol. The average Bonchev–Trinajstić information content (AvgIpc) is 3.83. The molecule has 1 atom stereocenters. The Bertz CT molecular complexity index is 2370. The summed E-state index contributed by atoms with van der Waals surface area (Å²) in [5, 5.41) is 4.03. The number of halogens is 2. The third kappa shape index (κ3) is 8.60. The topological polar surface area (TPSA) is 62.5 Å². The Labute approximate surface area is 356 Å². The van der Waals surface area contributed by atoms with E-state index in [0.29, 0.717) is 29.4 Å². The third-order valence-corrected chi connectivity index (χ3v) is 12.9. The number of fused-ring (bicyclic) bond motifs is 5. The summed E-state index contributed by atoms with van der Waals surface area (Å²) in [6.07, 6.45) is 8.20. The summed E-state index contributed by atoms with van der Waals surface area (Å²) in [5.41, 5.74) is 8.50. The molecule has 59 heavy (non-hydrogen) atoms. The molecule has 2 fully saturated rings. The van der Waals surface area contributed by atoms with Crippen LogP contribution in [0.3, 0.4) is 0 Å². The van der Waals surface area contributed by atoms with Crippen molar-refractivity contribution in [3.8, 4) is 33.8 Å². The van der Waals surface area contributed by atoms with Crippen molar-refractivity contribution in [2.24, 2.45) is 4.99 Å². The summed E-state index contributed by atoms with van der Waals surface area (Å²) in [7, 11) is 1.63. The zero-order chi connectivity index (χ0) is 40.3. The predicted molar refractivity (Wildman–Crippen MR) is 242 cm³/mol. The number of amides is 1. The number of hydrogen-bond acceptors (Lipinski definition) is 6. The van der Waals surface area contributed by atoms with Gasteiger partial charge in [-0.15, -0.1) is 0 Å². The first-order chi connectivity index (χ1) is 28.9. The first-order valence-corrected chi connectivity index (χ1v) is 21.9. The number of aliphatic imine (C=N–C) groups is 1. The number of benzene rings is 5. The number of aromatic nitrogens is 1. The van der Waals surface area contributed by atoms with E-state index in [-0.39, 0.29) is 11.9 Å². The predicted octanol–water partition coefficient (Wildman–Crippen LogP) is 11.0. The molecule has 8 nitrogen and oxygen atoms in total. The highest BCUT2D eigenvalue weighted by molar-refractivity contribution is 6.31. The van der Waals surface area contributed by atoms with E-state index >= 15 is 0 Å². The molecule has 0 aliphatic carbocycles. The van der Waals surface area contributed by atoms with Crippen LogP contribution in [0, 0.1) is 0 Å². The van der Waals surface area contributed by atoms with Crippen LogP contribution in [0.4, 0.5) is 5.69 Å². The van der Waals surface area contributed by atoms with Gasteiger partial charge in [-0.25, -0.2) is 0 Å². The molecule has 0 radical (unpaired) electrons. The summed E-state index contributed by atoms with van der Waals surface area (Å²) in [4.78, 5) is 25.0. The Kier molecular flexibility index (Phi) is 11.9. The maximum atomic E-state index is 13.2. The van der Waals surface area contributed by atoms with E-state index in [1.807, 2.05) is 41.4 Å². The zero-order valence-corrected chi connectivity index (χ0v) is 35.2. The van der Waals surface area contributed by atoms with Gasteiger partial charge in [-0.05, 0) is 128 Å². The minimum atomic E-state index is 0.0273. The van der Waals surface area contributed by atoms with Gasteiger partial charge in [-0.3, -0.25) is 9.79 Å². The lowest BCUT2D eigenvalue weighted by Crippen LogP contribution is -2.46. The number of piperazine rings is 1. The highest BCUT2D eigenvalue weighted by atomic mass is 35.5. The molecule has 1 aromatic heterocycles. The molecule has 0 spiro atoms. The quantitative estimate of drug-likeness (QED) is 0.102. The number of ether oxygens (including phenoxy) is 2. The third-order valence-electron chi connectivity index (χ3n) is 12.4. The first kappa shape index (κ1) is 39.6. The second kappa shape index (κ2) is 17.8. The molecule has 9 rings (SSSR count). The SMILES string of the molecule is COc1cc2c(cc1OCCCCN1CCN(CCCCn3c4ccc(-c5ccc(Cl)cc5)cc4c4cc(-c5ccc(Cl)cc5)ccc43)CC1)N=C[C@@H]1CCCN1C2=O. The Morgan fingerprint density at radius 3 is 1.80 bits per heavy atom. The Balaban J connectivity index is 0.764. The van der Waals surface area contributed by atoms with Crippen molar-refractivity contribution < 1.29 is 14.3 Å².